The normalized spacial score (nSPS) is 12.0. The van der Waals surface area contributed by atoms with Gasteiger partial charge in [-0.05, 0) is 79.7 Å². The molecule has 10 nitrogen and oxygen atoms in total. The topological polar surface area (TPSA) is 165 Å². The summed E-state index contributed by atoms with van der Waals surface area (Å²) in [5.41, 5.74) is -23.5. The number of nitrogens with zero attached hydrogens (tertiary/aromatic N) is 2. The number of benzene rings is 7. The van der Waals surface area contributed by atoms with Crippen molar-refractivity contribution < 1.29 is 131 Å². The molecular formula is C47H40Au2F12N2O8P2S4+2. The second-order valence-corrected chi connectivity index (χ2v) is 26.2. The molecule has 0 bridgehead atoms. The molecule has 0 atom stereocenters. The van der Waals surface area contributed by atoms with E-state index in [9.17, 15) is 86.4 Å². The summed E-state index contributed by atoms with van der Waals surface area (Å²) in [6.07, 6.45) is 0. The molecule has 0 fully saturated rings. The molecule has 0 aromatic heterocycles. The first-order valence-electron chi connectivity index (χ1n) is 20.5. The number of hydrogen-bond donors (Lipinski definition) is 0. The summed E-state index contributed by atoms with van der Waals surface area (Å²) in [4.78, 5) is 0. The van der Waals surface area contributed by atoms with Gasteiger partial charge in [-0.25, -0.2) is 33.7 Å². The zero-order chi connectivity index (χ0) is 56.4. The van der Waals surface area contributed by atoms with Gasteiger partial charge in [0.2, 0.25) is 0 Å². The molecule has 0 amide bonds. The predicted molar refractivity (Wildman–Crippen MR) is 271 cm³/mol. The fourth-order valence-corrected chi connectivity index (χ4v) is 14.2. The van der Waals surface area contributed by atoms with Crippen LogP contribution in [0, 0.1) is 6.92 Å². The molecule has 0 aliphatic heterocycles. The van der Waals surface area contributed by atoms with Gasteiger partial charge < -0.3 is 8.25 Å². The minimum Gasteiger partial charge on any atom is -0.421 e. The van der Waals surface area contributed by atoms with Gasteiger partial charge in [-0.1, -0.05) is 145 Å². The van der Waals surface area contributed by atoms with Gasteiger partial charge in [-0.15, -0.1) is 0 Å². The van der Waals surface area contributed by atoms with Crippen molar-refractivity contribution >= 4 is 87.8 Å². The molecule has 0 saturated carbocycles. The summed E-state index contributed by atoms with van der Waals surface area (Å²) in [6, 6.07) is 75.3. The first kappa shape index (κ1) is 70.8. The van der Waals surface area contributed by atoms with Gasteiger partial charge in [0.25, 0.3) is 0 Å². The third-order valence-corrected chi connectivity index (χ3v) is 19.8. The minimum absolute atomic E-state index is 0. The van der Waals surface area contributed by atoms with E-state index in [1.165, 1.54) is 37.4 Å². The van der Waals surface area contributed by atoms with Crippen LogP contribution in [0.2, 0.25) is 0 Å². The average molecular weight is 1570 g/mol. The third kappa shape index (κ3) is 22.8. The van der Waals surface area contributed by atoms with E-state index >= 15 is 0 Å². The Morgan fingerprint density at radius 2 is 0.403 bits per heavy atom. The Labute approximate surface area is 470 Å². The van der Waals surface area contributed by atoms with E-state index in [-0.39, 0.29) is 44.8 Å². The van der Waals surface area contributed by atoms with Gasteiger partial charge >= 0.3 is 66.8 Å². The number of aryl methyl sites for hydroxylation is 1. The predicted octanol–water partition coefficient (Wildman–Crippen LogP) is 10.5. The van der Waals surface area contributed by atoms with Crippen molar-refractivity contribution in [1.29, 1.82) is 0 Å². The summed E-state index contributed by atoms with van der Waals surface area (Å²) < 4.78 is 218. The fourth-order valence-electron chi connectivity index (χ4n) is 5.59. The van der Waals surface area contributed by atoms with Gasteiger partial charge in [0.1, 0.15) is 31.8 Å². The molecule has 424 valence electrons. The maximum absolute atomic E-state index is 11.4. The van der Waals surface area contributed by atoms with Crippen molar-refractivity contribution in [1.82, 2.24) is 0 Å². The summed E-state index contributed by atoms with van der Waals surface area (Å²) in [5, 5.41) is 8.61. The van der Waals surface area contributed by atoms with Crippen LogP contribution in [-0.4, -0.2) is 55.7 Å². The molecule has 7 aromatic rings. The van der Waals surface area contributed by atoms with Gasteiger partial charge in [0.15, 0.2) is 40.1 Å². The molecule has 0 saturated heterocycles. The summed E-state index contributed by atoms with van der Waals surface area (Å²) in [6.45, 7) is 2.08. The van der Waals surface area contributed by atoms with E-state index in [4.69, 9.17) is 0 Å². The van der Waals surface area contributed by atoms with Crippen LogP contribution in [0.3, 0.4) is 0 Å². The molecule has 7 rings (SSSR count). The average Bonchev–Trinajstić information content (AvgIpc) is 3.33. The number of sulfonamides is 4. The van der Waals surface area contributed by atoms with Crippen molar-refractivity contribution in [3.05, 3.63) is 226 Å². The summed E-state index contributed by atoms with van der Waals surface area (Å²) >= 11 is 0. The largest absolute Gasteiger partial charge is 1.00 e. The van der Waals surface area contributed by atoms with Crippen LogP contribution in [0.25, 0.3) is 8.25 Å². The first-order chi connectivity index (χ1) is 34.7. The van der Waals surface area contributed by atoms with Crippen LogP contribution in [0.15, 0.2) is 212 Å². The molecule has 0 radical (unpaired) electrons. The molecule has 0 N–H and O–H groups in total. The van der Waals surface area contributed by atoms with Crippen molar-refractivity contribution in [3.63, 3.8) is 0 Å². The van der Waals surface area contributed by atoms with Crippen LogP contribution in [0.5, 0.6) is 0 Å². The Hall–Kier alpha value is -4.24. The van der Waals surface area contributed by atoms with E-state index in [1.807, 2.05) is 18.2 Å². The second kappa shape index (κ2) is 30.9. The minimum atomic E-state index is -6.72. The molecule has 30 heteroatoms. The molecule has 0 aliphatic rings. The zero-order valence-corrected chi connectivity index (χ0v) is 48.2. The van der Waals surface area contributed by atoms with Crippen LogP contribution >= 0.6 is 15.8 Å². The van der Waals surface area contributed by atoms with E-state index in [0.717, 1.165) is 8.25 Å². The molecule has 7 aromatic carbocycles. The number of rotatable bonds is 10. The van der Waals surface area contributed by atoms with Crippen molar-refractivity contribution in [3.8, 4) is 0 Å². The van der Waals surface area contributed by atoms with E-state index in [1.54, 1.807) is 0 Å². The third-order valence-electron chi connectivity index (χ3n) is 8.88. The molecule has 0 aliphatic carbocycles. The van der Waals surface area contributed by atoms with Crippen molar-refractivity contribution in [2.24, 2.45) is 0 Å². The Bertz CT molecular complexity index is 2810. The maximum Gasteiger partial charge on any atom is 1.00 e. The molecule has 0 spiro atoms. The fraction of sp³-hybridized carbons (Fsp3) is 0.106. The van der Waals surface area contributed by atoms with Crippen LogP contribution in [0.1, 0.15) is 5.56 Å². The standard InChI is InChI=1S/2C18H15P.C7H8.2C2F6NO4S2.2Au/c2*1-4-10-16(11-5-1)19(17-12-6-2-7-13-17)18-14-8-3-9-15-18;1-7-5-3-2-4-6-7;2*3-1(4,5)14(10,11)9-15(12,13)2(6,7)8;;/h2*1-15H;2-6H,1H3;;;;/q;;;2*-1;2*+1/p+2. The zero-order valence-electron chi connectivity index (χ0n) is 38.6. The van der Waals surface area contributed by atoms with E-state index in [0.29, 0.717) is 0 Å². The van der Waals surface area contributed by atoms with Gasteiger partial charge in [-0.3, -0.25) is 0 Å². The molecule has 77 heavy (non-hydrogen) atoms. The number of hydrogen-bond acceptors (Lipinski definition) is 8. The summed E-state index contributed by atoms with van der Waals surface area (Å²) in [5.74, 6) is 0. The Morgan fingerprint density at radius 3 is 0.506 bits per heavy atom. The first-order valence-corrected chi connectivity index (χ1v) is 29.3. The van der Waals surface area contributed by atoms with Crippen molar-refractivity contribution in [2.75, 3.05) is 0 Å². The van der Waals surface area contributed by atoms with Crippen LogP contribution < -0.4 is 31.8 Å². The number of halogens is 12. The molecule has 0 heterocycles. The van der Waals surface area contributed by atoms with E-state index < -0.39 is 78.0 Å². The summed E-state index contributed by atoms with van der Waals surface area (Å²) in [7, 11) is -28.6. The Kier molecular flexibility index (Phi) is 28.4. The quantitative estimate of drug-likeness (QED) is 0.0742. The molecular weight excluding hydrogens is 1530 g/mol. The Morgan fingerprint density at radius 1 is 0.273 bits per heavy atom. The Balaban J connectivity index is 0.000000491. The van der Waals surface area contributed by atoms with Gasteiger partial charge in [0.05, 0.1) is 15.8 Å². The van der Waals surface area contributed by atoms with Crippen LogP contribution in [-0.2, 0) is 84.9 Å². The SMILES string of the molecule is Cc1ccccc1.O=S(=O)([N-]S(=O)(=O)C(F)(F)F)C(F)(F)F.O=S(=O)([N-]S(=O)(=O)C(F)(F)F)C(F)(F)F.[Au+].[Au+].c1ccc([PH+](c2ccccc2)c2ccccc2)cc1.c1ccc([PH+](c2ccccc2)c2ccccc2)cc1. The smallest absolute Gasteiger partial charge is 0.421 e. The monoisotopic (exact) mass is 1570 g/mol. The molecule has 0 unspecified atom stereocenters. The van der Waals surface area contributed by atoms with Gasteiger partial charge in [-0.2, -0.15) is 52.7 Å². The maximum atomic E-state index is 11.4. The van der Waals surface area contributed by atoms with Crippen molar-refractivity contribution in [2.45, 2.75) is 29.0 Å². The number of alkyl halides is 12. The van der Waals surface area contributed by atoms with E-state index in [2.05, 4.69) is 201 Å². The second-order valence-electron chi connectivity index (χ2n) is 14.4. The van der Waals surface area contributed by atoms with Crippen LogP contribution in [0.4, 0.5) is 52.7 Å². The van der Waals surface area contributed by atoms with Gasteiger partial charge in [0, 0.05) is 0 Å².